The second kappa shape index (κ2) is 10.7. The molecule has 33 heavy (non-hydrogen) atoms. The van der Waals surface area contributed by atoms with Crippen LogP contribution in [0.25, 0.3) is 0 Å². The van der Waals surface area contributed by atoms with Crippen molar-refractivity contribution in [3.63, 3.8) is 0 Å². The van der Waals surface area contributed by atoms with Crippen molar-refractivity contribution >= 4 is 51.2 Å². The number of nitriles is 1. The van der Waals surface area contributed by atoms with Crippen LogP contribution in [0, 0.1) is 31.1 Å². The van der Waals surface area contributed by atoms with E-state index in [1.165, 1.54) is 7.11 Å². The van der Waals surface area contributed by atoms with Gasteiger partial charge in [0, 0.05) is 16.1 Å². The monoisotopic (exact) mass is 527 g/mol. The average molecular weight is 528 g/mol. The third kappa shape index (κ3) is 5.64. The number of thioether (sulfide) groups is 1. The van der Waals surface area contributed by atoms with Gasteiger partial charge in [-0.1, -0.05) is 45.9 Å². The lowest BCUT2D eigenvalue weighted by Crippen LogP contribution is -2.44. The number of rotatable bonds is 6. The normalized spacial score (nSPS) is 17.7. The number of benzene rings is 2. The maximum Gasteiger partial charge on any atom is 0.319 e. The van der Waals surface area contributed by atoms with Crippen LogP contribution < -0.4 is 10.6 Å². The molecule has 7 nitrogen and oxygen atoms in total. The maximum absolute atomic E-state index is 12.9. The number of hydrogen-bond donors (Lipinski definition) is 2. The van der Waals surface area contributed by atoms with E-state index in [0.29, 0.717) is 11.3 Å². The molecule has 0 aromatic heterocycles. The Labute approximate surface area is 204 Å². The summed E-state index contributed by atoms with van der Waals surface area (Å²) in [5.41, 5.74) is 3.66. The van der Waals surface area contributed by atoms with Crippen LogP contribution in [0.5, 0.6) is 0 Å². The van der Waals surface area contributed by atoms with E-state index in [4.69, 9.17) is 4.74 Å². The number of nitrogens with one attached hydrogen (secondary N) is 2. The number of methoxy groups -OCH3 is 1. The van der Waals surface area contributed by atoms with Gasteiger partial charge in [0.05, 0.1) is 29.5 Å². The molecule has 0 saturated heterocycles. The highest BCUT2D eigenvalue weighted by atomic mass is 79.9. The minimum Gasteiger partial charge on any atom is -0.468 e. The van der Waals surface area contributed by atoms with Gasteiger partial charge in [0.15, 0.2) is 0 Å². The predicted molar refractivity (Wildman–Crippen MR) is 130 cm³/mol. The van der Waals surface area contributed by atoms with Crippen molar-refractivity contribution in [3.05, 3.63) is 74.2 Å². The van der Waals surface area contributed by atoms with Gasteiger partial charge < -0.3 is 15.4 Å². The highest BCUT2D eigenvalue weighted by Crippen LogP contribution is 2.40. The largest absolute Gasteiger partial charge is 0.468 e. The van der Waals surface area contributed by atoms with Crippen molar-refractivity contribution in [2.75, 3.05) is 18.2 Å². The maximum atomic E-state index is 12.9. The zero-order valence-electron chi connectivity index (χ0n) is 18.3. The number of carbonyl (C=O) groups is 3. The summed E-state index contributed by atoms with van der Waals surface area (Å²) in [6, 6.07) is 14.8. The number of anilines is 1. The number of aryl methyl sites for hydroxylation is 2. The quantitative estimate of drug-likeness (QED) is 0.431. The third-order valence-corrected chi connectivity index (χ3v) is 6.84. The summed E-state index contributed by atoms with van der Waals surface area (Å²) in [5.74, 6) is -3.67. The molecule has 2 amide bonds. The Morgan fingerprint density at radius 3 is 2.61 bits per heavy atom. The first kappa shape index (κ1) is 24.6. The zero-order chi connectivity index (χ0) is 24.1. The summed E-state index contributed by atoms with van der Waals surface area (Å²) < 4.78 is 5.58. The molecule has 9 heteroatoms. The number of nitrogens with zero attached hydrogens (tertiary/aromatic N) is 1. The molecule has 1 aliphatic heterocycles. The van der Waals surface area contributed by atoms with Crippen LogP contribution in [0.4, 0.5) is 5.69 Å². The lowest BCUT2D eigenvalue weighted by atomic mass is 9.78. The van der Waals surface area contributed by atoms with Crippen LogP contribution >= 0.6 is 27.7 Å². The first-order valence-corrected chi connectivity index (χ1v) is 11.8. The van der Waals surface area contributed by atoms with Crippen molar-refractivity contribution < 1.29 is 19.1 Å². The van der Waals surface area contributed by atoms with Gasteiger partial charge in [-0.25, -0.2) is 0 Å². The summed E-state index contributed by atoms with van der Waals surface area (Å²) in [5, 5.41) is 15.6. The summed E-state index contributed by atoms with van der Waals surface area (Å²) in [6.45, 7) is 3.95. The molecular formula is C24H22BrN3O4S. The Kier molecular flexibility index (Phi) is 7.95. The van der Waals surface area contributed by atoms with Gasteiger partial charge in [-0.2, -0.15) is 5.26 Å². The van der Waals surface area contributed by atoms with Crippen LogP contribution in [0.2, 0.25) is 0 Å². The lowest BCUT2D eigenvalue weighted by molar-refractivity contribution is -0.150. The number of carbonyl (C=O) groups excluding carboxylic acids is 3. The summed E-state index contributed by atoms with van der Waals surface area (Å²) >= 11 is 4.43. The molecule has 0 unspecified atom stereocenters. The third-order valence-electron chi connectivity index (χ3n) is 5.33. The van der Waals surface area contributed by atoms with Gasteiger partial charge in [0.2, 0.25) is 11.8 Å². The van der Waals surface area contributed by atoms with E-state index in [1.807, 2.05) is 38.1 Å². The first-order valence-electron chi connectivity index (χ1n) is 10.0. The lowest BCUT2D eigenvalue weighted by Gasteiger charge is -2.31. The molecule has 1 heterocycles. The second-order valence-electron chi connectivity index (χ2n) is 7.51. The topological polar surface area (TPSA) is 108 Å². The van der Waals surface area contributed by atoms with Crippen molar-refractivity contribution in [2.45, 2.75) is 19.8 Å². The summed E-state index contributed by atoms with van der Waals surface area (Å²) in [4.78, 5) is 37.8. The number of ether oxygens (including phenoxy) is 1. The van der Waals surface area contributed by atoms with E-state index in [9.17, 15) is 19.6 Å². The molecule has 0 radical (unpaired) electrons. The van der Waals surface area contributed by atoms with Crippen LogP contribution in [0.15, 0.2) is 57.5 Å². The Morgan fingerprint density at radius 2 is 1.97 bits per heavy atom. The number of amides is 2. The molecular weight excluding hydrogens is 506 g/mol. The molecule has 0 fully saturated rings. The number of esters is 1. The summed E-state index contributed by atoms with van der Waals surface area (Å²) in [7, 11) is 1.20. The van der Waals surface area contributed by atoms with Gasteiger partial charge in [0.25, 0.3) is 0 Å². The standard InChI is InChI=1S/C24H22BrN3O4S/c1-13-7-8-17(9-14(13)2)27-19(29)12-33-23-18(11-26)20(15-5-4-6-16(25)10-15)21(22(30)28-23)24(31)32-3/h4-10,20-21H,12H2,1-3H3,(H,27,29)(H,28,30)/t20-,21-/m0/s1. The molecule has 2 N–H and O–H groups in total. The van der Waals surface area contributed by atoms with Gasteiger partial charge in [-0.3, -0.25) is 14.4 Å². The Morgan fingerprint density at radius 1 is 1.21 bits per heavy atom. The van der Waals surface area contributed by atoms with Gasteiger partial charge in [0.1, 0.15) is 5.92 Å². The van der Waals surface area contributed by atoms with Crippen LogP contribution in [-0.2, 0) is 19.1 Å². The van der Waals surface area contributed by atoms with Crippen LogP contribution in [-0.4, -0.2) is 30.6 Å². The molecule has 0 bridgehead atoms. The fourth-order valence-electron chi connectivity index (χ4n) is 3.53. The molecule has 0 saturated carbocycles. The Bertz CT molecular complexity index is 1190. The van der Waals surface area contributed by atoms with E-state index in [0.717, 1.165) is 27.4 Å². The molecule has 2 aromatic rings. The van der Waals surface area contributed by atoms with E-state index < -0.39 is 23.7 Å². The van der Waals surface area contributed by atoms with Crippen LogP contribution in [0.1, 0.15) is 22.6 Å². The number of allylic oxidation sites excluding steroid dienone is 1. The minimum absolute atomic E-state index is 0.0260. The van der Waals surface area contributed by atoms with Crippen molar-refractivity contribution in [3.8, 4) is 6.07 Å². The fourth-order valence-corrected chi connectivity index (χ4v) is 4.80. The summed E-state index contributed by atoms with van der Waals surface area (Å²) in [6.07, 6.45) is 0. The SMILES string of the molecule is COC(=O)[C@@H]1C(=O)NC(SCC(=O)Nc2ccc(C)c(C)c2)=C(C#N)[C@@H]1c1cccc(Br)c1. The van der Waals surface area contributed by atoms with E-state index in [1.54, 1.807) is 18.2 Å². The number of hydrogen-bond acceptors (Lipinski definition) is 6. The molecule has 1 aliphatic rings. The average Bonchev–Trinajstić information content (AvgIpc) is 2.79. The Hall–Kier alpha value is -3.09. The van der Waals surface area contributed by atoms with Gasteiger partial charge in [-0.05, 0) is 54.8 Å². The molecule has 3 rings (SSSR count). The highest BCUT2D eigenvalue weighted by Gasteiger charge is 2.44. The Balaban J connectivity index is 1.88. The fraction of sp³-hybridized carbons (Fsp3) is 0.250. The molecule has 2 aromatic carbocycles. The molecule has 0 aliphatic carbocycles. The van der Waals surface area contributed by atoms with E-state index in [2.05, 4.69) is 32.6 Å². The van der Waals surface area contributed by atoms with Crippen molar-refractivity contribution in [2.24, 2.45) is 5.92 Å². The van der Waals surface area contributed by atoms with Crippen molar-refractivity contribution in [1.82, 2.24) is 5.32 Å². The molecule has 0 spiro atoms. The second-order valence-corrected chi connectivity index (χ2v) is 9.41. The zero-order valence-corrected chi connectivity index (χ0v) is 20.7. The minimum atomic E-state index is -1.22. The van der Waals surface area contributed by atoms with Crippen molar-refractivity contribution in [1.29, 1.82) is 5.26 Å². The number of halogens is 1. The highest BCUT2D eigenvalue weighted by molar-refractivity contribution is 9.10. The van der Waals surface area contributed by atoms with Crippen LogP contribution in [0.3, 0.4) is 0 Å². The predicted octanol–water partition coefficient (Wildman–Crippen LogP) is 4.18. The van der Waals surface area contributed by atoms with Gasteiger partial charge >= 0.3 is 5.97 Å². The van der Waals surface area contributed by atoms with E-state index >= 15 is 0 Å². The van der Waals surface area contributed by atoms with E-state index in [-0.39, 0.29) is 22.3 Å². The first-order chi connectivity index (χ1) is 15.7. The molecule has 2 atom stereocenters. The smallest absolute Gasteiger partial charge is 0.319 e. The molecule has 170 valence electrons. The van der Waals surface area contributed by atoms with Gasteiger partial charge in [-0.15, -0.1) is 0 Å².